The van der Waals surface area contributed by atoms with Gasteiger partial charge in [-0.1, -0.05) is 37.6 Å². The number of ether oxygens (including phenoxy) is 2. The molecule has 0 unspecified atom stereocenters. The fourth-order valence-corrected chi connectivity index (χ4v) is 4.16. The van der Waals surface area contributed by atoms with E-state index in [2.05, 4.69) is 10.2 Å². The monoisotopic (exact) mass is 485 g/mol. The minimum Gasteiger partial charge on any atom is -0.493 e. The van der Waals surface area contributed by atoms with Gasteiger partial charge >= 0.3 is 0 Å². The summed E-state index contributed by atoms with van der Waals surface area (Å²) in [5, 5.41) is 3.50. The molecule has 34 heavy (non-hydrogen) atoms. The zero-order valence-electron chi connectivity index (χ0n) is 20.1. The molecule has 2 aromatic rings. The van der Waals surface area contributed by atoms with E-state index in [4.69, 9.17) is 21.1 Å². The van der Waals surface area contributed by atoms with Gasteiger partial charge in [-0.2, -0.15) is 0 Å². The number of halogens is 1. The summed E-state index contributed by atoms with van der Waals surface area (Å²) in [6.45, 7) is 8.80. The van der Waals surface area contributed by atoms with Crippen molar-refractivity contribution in [2.75, 3.05) is 50.1 Å². The molecule has 0 spiro atoms. The Labute approximate surface area is 206 Å². The Morgan fingerprint density at radius 1 is 1.12 bits per heavy atom. The molecule has 1 aliphatic heterocycles. The fourth-order valence-electron chi connectivity index (χ4n) is 3.86. The topological polar surface area (TPSA) is 71.1 Å². The summed E-state index contributed by atoms with van der Waals surface area (Å²) in [6, 6.07) is 10.9. The lowest BCUT2D eigenvalue weighted by Crippen LogP contribution is -2.50. The normalized spacial score (nSPS) is 13.9. The zero-order chi connectivity index (χ0) is 24.7. The summed E-state index contributed by atoms with van der Waals surface area (Å²) in [5.41, 5.74) is 2.22. The number of carbonyl (C=O) groups excluding carboxylic acids is 2. The average molecular weight is 486 g/mol. The third-order valence-corrected chi connectivity index (χ3v) is 5.87. The van der Waals surface area contributed by atoms with E-state index in [1.165, 1.54) is 6.08 Å². The molecule has 2 amide bonds. The third-order valence-electron chi connectivity index (χ3n) is 5.56. The number of methoxy groups -OCH3 is 1. The molecular formula is C26H32ClN3O4. The number of benzene rings is 2. The number of para-hydroxylation sites is 1. The van der Waals surface area contributed by atoms with Gasteiger partial charge in [0.05, 0.1) is 30.1 Å². The SMILES string of the molecule is CCOc1ccc(/C=C/C(=O)Nc2cccc(Cl)c2N2CCN(C(=O)C(C)C)CC2)cc1OC. The van der Waals surface area contributed by atoms with Crippen molar-refractivity contribution in [3.8, 4) is 11.5 Å². The number of hydrogen-bond acceptors (Lipinski definition) is 5. The highest BCUT2D eigenvalue weighted by Gasteiger charge is 2.25. The maximum Gasteiger partial charge on any atom is 0.248 e. The van der Waals surface area contributed by atoms with Crippen molar-refractivity contribution in [2.45, 2.75) is 20.8 Å². The Balaban J connectivity index is 1.70. The van der Waals surface area contributed by atoms with Crippen LogP contribution in [0.3, 0.4) is 0 Å². The summed E-state index contributed by atoms with van der Waals surface area (Å²) in [7, 11) is 1.58. The molecule has 2 aromatic carbocycles. The number of rotatable bonds is 8. The highest BCUT2D eigenvalue weighted by Crippen LogP contribution is 2.35. The largest absolute Gasteiger partial charge is 0.493 e. The van der Waals surface area contributed by atoms with Crippen molar-refractivity contribution < 1.29 is 19.1 Å². The van der Waals surface area contributed by atoms with Crippen LogP contribution >= 0.6 is 11.6 Å². The van der Waals surface area contributed by atoms with Gasteiger partial charge in [0.25, 0.3) is 0 Å². The van der Waals surface area contributed by atoms with E-state index in [1.54, 1.807) is 25.3 Å². The van der Waals surface area contributed by atoms with Crippen molar-refractivity contribution in [1.29, 1.82) is 0 Å². The second-order valence-electron chi connectivity index (χ2n) is 8.27. The van der Waals surface area contributed by atoms with Gasteiger partial charge in [-0.05, 0) is 42.8 Å². The molecular weight excluding hydrogens is 454 g/mol. The van der Waals surface area contributed by atoms with Crippen LogP contribution in [0.25, 0.3) is 6.08 Å². The molecule has 1 saturated heterocycles. The van der Waals surface area contributed by atoms with Crippen LogP contribution in [0.4, 0.5) is 11.4 Å². The van der Waals surface area contributed by atoms with Crippen molar-refractivity contribution >= 4 is 40.9 Å². The quantitative estimate of drug-likeness (QED) is 0.548. The maximum atomic E-state index is 12.7. The molecule has 0 atom stereocenters. The molecule has 1 heterocycles. The van der Waals surface area contributed by atoms with E-state index in [0.29, 0.717) is 55.0 Å². The molecule has 0 aromatic heterocycles. The molecule has 0 radical (unpaired) electrons. The minimum absolute atomic E-state index is 0.0242. The van der Waals surface area contributed by atoms with Crippen molar-refractivity contribution in [3.63, 3.8) is 0 Å². The van der Waals surface area contributed by atoms with Gasteiger partial charge in [0.2, 0.25) is 11.8 Å². The van der Waals surface area contributed by atoms with Gasteiger partial charge < -0.3 is 24.6 Å². The molecule has 1 aliphatic rings. The predicted molar refractivity (Wildman–Crippen MR) is 137 cm³/mol. The van der Waals surface area contributed by atoms with Crippen molar-refractivity contribution in [2.24, 2.45) is 5.92 Å². The standard InChI is InChI=1S/C26H32ClN3O4/c1-5-34-22-11-9-19(17-23(22)33-4)10-12-24(31)28-21-8-6-7-20(27)25(21)29-13-15-30(16-14-29)26(32)18(2)3/h6-12,17-18H,5,13-16H2,1-4H3,(H,28,31)/b12-10+. The van der Waals surface area contributed by atoms with Gasteiger partial charge in [0.1, 0.15) is 0 Å². The molecule has 0 saturated carbocycles. The number of nitrogens with one attached hydrogen (secondary N) is 1. The Hall–Kier alpha value is -3.19. The minimum atomic E-state index is -0.273. The van der Waals surface area contributed by atoms with Gasteiger partial charge in [0.15, 0.2) is 11.5 Å². The smallest absolute Gasteiger partial charge is 0.248 e. The fraction of sp³-hybridized carbons (Fsp3) is 0.385. The predicted octanol–water partition coefficient (Wildman–Crippen LogP) is 4.70. The summed E-state index contributed by atoms with van der Waals surface area (Å²) in [4.78, 5) is 29.0. The molecule has 7 nitrogen and oxygen atoms in total. The lowest BCUT2D eigenvalue weighted by molar-refractivity contribution is -0.134. The lowest BCUT2D eigenvalue weighted by Gasteiger charge is -2.38. The Morgan fingerprint density at radius 2 is 1.85 bits per heavy atom. The van der Waals surface area contributed by atoms with Crippen LogP contribution in [-0.2, 0) is 9.59 Å². The third kappa shape index (κ3) is 6.23. The Kier molecular flexibility index (Phi) is 8.82. The number of amides is 2. The van der Waals surface area contributed by atoms with E-state index in [-0.39, 0.29) is 17.7 Å². The number of hydrogen-bond donors (Lipinski definition) is 1. The molecule has 0 bridgehead atoms. The number of piperazine rings is 1. The van der Waals surface area contributed by atoms with Crippen LogP contribution in [0.15, 0.2) is 42.5 Å². The molecule has 8 heteroatoms. The van der Waals surface area contributed by atoms with E-state index in [1.807, 2.05) is 49.9 Å². The van der Waals surface area contributed by atoms with Gasteiger partial charge in [-0.15, -0.1) is 0 Å². The van der Waals surface area contributed by atoms with E-state index in [9.17, 15) is 9.59 Å². The summed E-state index contributed by atoms with van der Waals surface area (Å²) in [5.74, 6) is 1.12. The molecule has 3 rings (SSSR count). The Morgan fingerprint density at radius 3 is 2.50 bits per heavy atom. The summed E-state index contributed by atoms with van der Waals surface area (Å²) in [6.07, 6.45) is 3.19. The highest BCUT2D eigenvalue weighted by atomic mass is 35.5. The first-order valence-electron chi connectivity index (χ1n) is 11.5. The first-order chi connectivity index (χ1) is 16.3. The van der Waals surface area contributed by atoms with Crippen LogP contribution in [0.2, 0.25) is 5.02 Å². The van der Waals surface area contributed by atoms with Gasteiger partial charge in [-0.25, -0.2) is 0 Å². The van der Waals surface area contributed by atoms with Crippen LogP contribution < -0.4 is 19.7 Å². The van der Waals surface area contributed by atoms with Crippen LogP contribution in [0.1, 0.15) is 26.3 Å². The molecule has 1 N–H and O–H groups in total. The highest BCUT2D eigenvalue weighted by molar-refractivity contribution is 6.34. The first-order valence-corrected chi connectivity index (χ1v) is 11.8. The Bertz CT molecular complexity index is 1050. The second kappa shape index (κ2) is 11.8. The number of carbonyl (C=O) groups is 2. The maximum absolute atomic E-state index is 12.7. The second-order valence-corrected chi connectivity index (χ2v) is 8.68. The number of anilines is 2. The van der Waals surface area contributed by atoms with Crippen molar-refractivity contribution in [3.05, 3.63) is 53.1 Å². The van der Waals surface area contributed by atoms with E-state index in [0.717, 1.165) is 11.3 Å². The van der Waals surface area contributed by atoms with E-state index < -0.39 is 0 Å². The van der Waals surface area contributed by atoms with Crippen molar-refractivity contribution in [1.82, 2.24) is 4.90 Å². The molecule has 182 valence electrons. The molecule has 1 fully saturated rings. The molecule has 0 aliphatic carbocycles. The lowest BCUT2D eigenvalue weighted by atomic mass is 10.1. The van der Waals surface area contributed by atoms with Crippen LogP contribution in [0, 0.1) is 5.92 Å². The van der Waals surface area contributed by atoms with E-state index >= 15 is 0 Å². The van der Waals surface area contributed by atoms with Crippen LogP contribution in [0.5, 0.6) is 11.5 Å². The summed E-state index contributed by atoms with van der Waals surface area (Å²) >= 11 is 6.53. The van der Waals surface area contributed by atoms with Crippen LogP contribution in [-0.4, -0.2) is 56.6 Å². The average Bonchev–Trinajstić information content (AvgIpc) is 2.83. The first kappa shape index (κ1) is 25.4. The van der Waals surface area contributed by atoms with Gasteiger partial charge in [-0.3, -0.25) is 9.59 Å². The zero-order valence-corrected chi connectivity index (χ0v) is 20.9. The number of nitrogens with zero attached hydrogens (tertiary/aromatic N) is 2. The summed E-state index contributed by atoms with van der Waals surface area (Å²) < 4.78 is 10.9. The van der Waals surface area contributed by atoms with Gasteiger partial charge in [0, 0.05) is 38.2 Å².